The average molecular weight is 503 g/mol. The predicted octanol–water partition coefficient (Wildman–Crippen LogP) is 4.93. The quantitative estimate of drug-likeness (QED) is 0.180. The summed E-state index contributed by atoms with van der Waals surface area (Å²) < 4.78 is 20.8. The Hall–Kier alpha value is -3.26. The molecule has 0 saturated carbocycles. The number of anilines is 1. The van der Waals surface area contributed by atoms with Crippen LogP contribution in [0, 0.1) is 11.3 Å². The molecular formula is C22H19ClN4O4S2. The fourth-order valence-corrected chi connectivity index (χ4v) is 4.00. The largest absolute Gasteiger partial charge is 0.493 e. The van der Waals surface area contributed by atoms with Crippen LogP contribution in [0.1, 0.15) is 5.56 Å². The molecule has 0 saturated heterocycles. The number of para-hydroxylation sites is 1. The first-order chi connectivity index (χ1) is 16.0. The second-order valence-electron chi connectivity index (χ2n) is 6.25. The summed E-state index contributed by atoms with van der Waals surface area (Å²) in [7, 11) is 1.48. The third-order valence-corrected chi connectivity index (χ3v) is 5.65. The lowest BCUT2D eigenvalue weighted by Gasteiger charge is -2.14. The molecule has 0 aliphatic carbocycles. The number of ether oxygens (including phenoxy) is 3. The topological polar surface area (TPSA) is 106 Å². The number of halogens is 1. The minimum absolute atomic E-state index is 0.126. The lowest BCUT2D eigenvalue weighted by atomic mass is 10.1. The van der Waals surface area contributed by atoms with Gasteiger partial charge in [-0.2, -0.15) is 14.6 Å². The number of hydrogen-bond acceptors (Lipinski definition) is 9. The van der Waals surface area contributed by atoms with Gasteiger partial charge in [-0.25, -0.2) is 0 Å². The molecule has 2 aromatic carbocycles. The number of benzene rings is 2. The third-order valence-electron chi connectivity index (χ3n) is 4.08. The molecule has 3 rings (SSSR count). The van der Waals surface area contributed by atoms with E-state index < -0.39 is 5.91 Å². The molecule has 33 heavy (non-hydrogen) atoms. The van der Waals surface area contributed by atoms with E-state index in [-0.39, 0.29) is 17.2 Å². The van der Waals surface area contributed by atoms with Gasteiger partial charge in [-0.15, -0.1) is 0 Å². The van der Waals surface area contributed by atoms with Crippen LogP contribution in [0.15, 0.2) is 53.2 Å². The van der Waals surface area contributed by atoms with Crippen LogP contribution in [0.4, 0.5) is 5.13 Å². The summed E-state index contributed by atoms with van der Waals surface area (Å²) in [5, 5.41) is 13.1. The Morgan fingerprint density at radius 2 is 2.03 bits per heavy atom. The summed E-state index contributed by atoms with van der Waals surface area (Å²) in [6.07, 6.45) is 3.23. The zero-order valence-corrected chi connectivity index (χ0v) is 20.1. The second-order valence-corrected chi connectivity index (χ2v) is 8.19. The normalized spacial score (nSPS) is 10.9. The summed E-state index contributed by atoms with van der Waals surface area (Å²) >= 11 is 8.78. The van der Waals surface area contributed by atoms with Crippen LogP contribution < -0.4 is 19.5 Å². The lowest BCUT2D eigenvalue weighted by molar-refractivity contribution is -0.112. The molecule has 0 atom stereocenters. The monoisotopic (exact) mass is 502 g/mol. The molecule has 11 heteroatoms. The standard InChI is InChI=1S/C22H19ClN4O4S2/c1-29-18-12-14(10-15(13-24)20(28)25-21-26-22(32-2)27-33-21)11-17(23)19(18)31-9-8-30-16-6-4-3-5-7-16/h3-7,10-12H,8-9H2,1-2H3,(H,25,26,27,28)/b15-10-. The Labute approximate surface area is 204 Å². The molecule has 0 spiro atoms. The summed E-state index contributed by atoms with van der Waals surface area (Å²) in [4.78, 5) is 16.6. The first-order valence-electron chi connectivity index (χ1n) is 9.53. The summed E-state index contributed by atoms with van der Waals surface area (Å²) in [5.74, 6) is 0.837. The number of carbonyl (C=O) groups is 1. The molecule has 0 aliphatic rings. The van der Waals surface area contributed by atoms with Crippen molar-refractivity contribution < 1.29 is 19.0 Å². The van der Waals surface area contributed by atoms with Gasteiger partial charge in [0, 0.05) is 11.5 Å². The maximum absolute atomic E-state index is 12.5. The Balaban J connectivity index is 1.69. The highest BCUT2D eigenvalue weighted by atomic mass is 35.5. The number of nitriles is 1. The smallest absolute Gasteiger partial charge is 0.268 e. The molecule has 1 amide bonds. The first-order valence-corrected chi connectivity index (χ1v) is 11.9. The van der Waals surface area contributed by atoms with Gasteiger partial charge in [-0.3, -0.25) is 10.1 Å². The molecular weight excluding hydrogens is 484 g/mol. The van der Waals surface area contributed by atoms with E-state index in [0.717, 1.165) is 17.3 Å². The number of methoxy groups -OCH3 is 1. The molecule has 0 aliphatic heterocycles. The molecule has 0 radical (unpaired) electrons. The van der Waals surface area contributed by atoms with Crippen molar-refractivity contribution >= 4 is 52.0 Å². The Kier molecular flexibility index (Phi) is 8.95. The number of aromatic nitrogens is 2. The number of nitrogens with zero attached hydrogens (tertiary/aromatic N) is 3. The fourth-order valence-electron chi connectivity index (χ4n) is 2.61. The fraction of sp³-hybridized carbons (Fsp3) is 0.182. The summed E-state index contributed by atoms with van der Waals surface area (Å²) in [5.41, 5.74) is 0.373. The van der Waals surface area contributed by atoms with Crippen LogP contribution in [0.5, 0.6) is 17.2 Å². The number of rotatable bonds is 10. The van der Waals surface area contributed by atoms with Crippen molar-refractivity contribution in [1.82, 2.24) is 9.36 Å². The van der Waals surface area contributed by atoms with Crippen LogP contribution in [0.2, 0.25) is 5.02 Å². The van der Waals surface area contributed by atoms with Gasteiger partial charge in [0.15, 0.2) is 11.5 Å². The molecule has 3 aromatic rings. The van der Waals surface area contributed by atoms with Crippen LogP contribution >= 0.6 is 34.9 Å². The highest BCUT2D eigenvalue weighted by Crippen LogP contribution is 2.37. The molecule has 1 N–H and O–H groups in total. The number of thioether (sulfide) groups is 1. The van der Waals surface area contributed by atoms with Crippen molar-refractivity contribution in [1.29, 1.82) is 5.26 Å². The Bertz CT molecular complexity index is 1180. The van der Waals surface area contributed by atoms with Gasteiger partial charge >= 0.3 is 0 Å². The van der Waals surface area contributed by atoms with Crippen LogP contribution in [0.25, 0.3) is 6.08 Å². The van der Waals surface area contributed by atoms with Crippen LogP contribution in [-0.4, -0.2) is 41.8 Å². The van der Waals surface area contributed by atoms with Crippen molar-refractivity contribution in [2.45, 2.75) is 5.16 Å². The van der Waals surface area contributed by atoms with Gasteiger partial charge < -0.3 is 14.2 Å². The zero-order valence-electron chi connectivity index (χ0n) is 17.7. The minimum Gasteiger partial charge on any atom is -0.493 e. The SMILES string of the molecule is COc1cc(/C=C(/C#N)C(=O)Nc2nc(SC)ns2)cc(Cl)c1OCCOc1ccccc1. The Morgan fingerprint density at radius 1 is 1.27 bits per heavy atom. The van der Waals surface area contributed by atoms with Crippen LogP contribution in [-0.2, 0) is 4.79 Å². The second kappa shape index (κ2) is 12.1. The molecule has 0 bridgehead atoms. The molecule has 0 unspecified atom stereocenters. The molecule has 1 heterocycles. The summed E-state index contributed by atoms with van der Waals surface area (Å²) in [6, 6.07) is 14.5. The Morgan fingerprint density at radius 3 is 2.70 bits per heavy atom. The van der Waals surface area contributed by atoms with E-state index in [9.17, 15) is 10.1 Å². The summed E-state index contributed by atoms with van der Waals surface area (Å²) in [6.45, 7) is 0.555. The molecule has 1 aromatic heterocycles. The van der Waals surface area contributed by atoms with Crippen LogP contribution in [0.3, 0.4) is 0 Å². The van der Waals surface area contributed by atoms with Gasteiger partial charge in [-0.05, 0) is 42.2 Å². The molecule has 8 nitrogen and oxygen atoms in total. The van der Waals surface area contributed by atoms with Gasteiger partial charge in [0.25, 0.3) is 5.91 Å². The van der Waals surface area contributed by atoms with E-state index in [2.05, 4.69) is 14.7 Å². The van der Waals surface area contributed by atoms with Gasteiger partial charge in [-0.1, -0.05) is 41.6 Å². The van der Waals surface area contributed by atoms with Gasteiger partial charge in [0.05, 0.1) is 12.1 Å². The number of carbonyl (C=O) groups excluding carboxylic acids is 1. The molecule has 170 valence electrons. The number of nitrogens with one attached hydrogen (secondary N) is 1. The highest BCUT2D eigenvalue weighted by Gasteiger charge is 2.15. The van der Waals surface area contributed by atoms with E-state index in [0.29, 0.717) is 34.0 Å². The van der Waals surface area contributed by atoms with Gasteiger partial charge in [0.2, 0.25) is 10.3 Å². The van der Waals surface area contributed by atoms with Crippen molar-refractivity contribution in [2.75, 3.05) is 31.9 Å². The van der Waals surface area contributed by atoms with Crippen molar-refractivity contribution in [3.63, 3.8) is 0 Å². The number of hydrogen-bond donors (Lipinski definition) is 1. The van der Waals surface area contributed by atoms with E-state index in [1.165, 1.54) is 24.9 Å². The maximum Gasteiger partial charge on any atom is 0.268 e. The number of amides is 1. The van der Waals surface area contributed by atoms with Crippen molar-refractivity contribution in [2.24, 2.45) is 0 Å². The van der Waals surface area contributed by atoms with E-state index in [4.69, 9.17) is 25.8 Å². The predicted molar refractivity (Wildman–Crippen MR) is 129 cm³/mol. The third kappa shape index (κ3) is 6.86. The van der Waals surface area contributed by atoms with E-state index >= 15 is 0 Å². The zero-order chi connectivity index (χ0) is 23.6. The molecule has 0 fully saturated rings. The van der Waals surface area contributed by atoms with E-state index in [1.807, 2.05) is 42.7 Å². The van der Waals surface area contributed by atoms with Crippen molar-refractivity contribution in [3.05, 3.63) is 58.6 Å². The lowest BCUT2D eigenvalue weighted by Crippen LogP contribution is -2.13. The van der Waals surface area contributed by atoms with Crippen molar-refractivity contribution in [3.8, 4) is 23.3 Å². The maximum atomic E-state index is 12.5. The highest BCUT2D eigenvalue weighted by molar-refractivity contribution is 7.98. The average Bonchev–Trinajstić information content (AvgIpc) is 3.29. The van der Waals surface area contributed by atoms with Gasteiger partial charge in [0.1, 0.15) is 30.6 Å². The minimum atomic E-state index is -0.602. The van der Waals surface area contributed by atoms with E-state index in [1.54, 1.807) is 12.1 Å². The first kappa shape index (κ1) is 24.4.